The molecule has 0 aromatic heterocycles. The molecule has 110 valence electrons. The number of hydrogen-bond acceptors (Lipinski definition) is 2. The number of carbonyl (C=O) groups is 1. The van der Waals surface area contributed by atoms with Crippen LogP contribution in [0.15, 0.2) is 48.5 Å². The predicted molar refractivity (Wildman–Crippen MR) is 90.1 cm³/mol. The summed E-state index contributed by atoms with van der Waals surface area (Å²) in [5.74, 6) is -0.741. The maximum Gasteiger partial charge on any atom is 0.316 e. The molecule has 0 aliphatic rings. The minimum atomic E-state index is -0.741. The summed E-state index contributed by atoms with van der Waals surface area (Å²) in [6.07, 6.45) is 3.24. The molecule has 0 aliphatic carbocycles. The SMILES string of the molecule is CSC(CCc1ccc(-c2ccccc2Cl)cc1)C(=O)O. The van der Waals surface area contributed by atoms with Gasteiger partial charge in [0.15, 0.2) is 0 Å². The van der Waals surface area contributed by atoms with Crippen LogP contribution < -0.4 is 0 Å². The first-order valence-electron chi connectivity index (χ1n) is 6.71. The number of aryl methyl sites for hydroxylation is 1. The smallest absolute Gasteiger partial charge is 0.316 e. The molecule has 2 nitrogen and oxygen atoms in total. The lowest BCUT2D eigenvalue weighted by Gasteiger charge is -2.10. The van der Waals surface area contributed by atoms with Gasteiger partial charge in [-0.15, -0.1) is 0 Å². The second-order valence-corrected chi connectivity index (χ2v) is 6.23. The van der Waals surface area contributed by atoms with E-state index < -0.39 is 5.97 Å². The highest BCUT2D eigenvalue weighted by Gasteiger charge is 2.15. The summed E-state index contributed by atoms with van der Waals surface area (Å²) in [7, 11) is 0. The molecule has 4 heteroatoms. The van der Waals surface area contributed by atoms with E-state index >= 15 is 0 Å². The Morgan fingerprint density at radius 2 is 1.86 bits per heavy atom. The van der Waals surface area contributed by atoms with E-state index in [0.29, 0.717) is 6.42 Å². The number of rotatable bonds is 6. The molecular weight excluding hydrogens is 304 g/mol. The Labute approximate surface area is 134 Å². The Balaban J connectivity index is 2.06. The largest absolute Gasteiger partial charge is 0.480 e. The normalized spacial score (nSPS) is 12.1. The third-order valence-corrected chi connectivity index (χ3v) is 4.73. The number of carboxylic acids is 1. The molecule has 1 atom stereocenters. The van der Waals surface area contributed by atoms with Crippen molar-refractivity contribution in [2.75, 3.05) is 6.26 Å². The van der Waals surface area contributed by atoms with Crippen LogP contribution in [-0.4, -0.2) is 22.6 Å². The van der Waals surface area contributed by atoms with Crippen molar-refractivity contribution >= 4 is 29.3 Å². The highest BCUT2D eigenvalue weighted by molar-refractivity contribution is 7.99. The van der Waals surface area contributed by atoms with Crippen molar-refractivity contribution in [2.24, 2.45) is 0 Å². The van der Waals surface area contributed by atoms with E-state index in [1.54, 1.807) is 0 Å². The molecule has 0 spiro atoms. The van der Waals surface area contributed by atoms with Gasteiger partial charge in [0.2, 0.25) is 0 Å². The monoisotopic (exact) mass is 320 g/mol. The molecule has 2 rings (SSSR count). The lowest BCUT2D eigenvalue weighted by atomic mass is 10.0. The topological polar surface area (TPSA) is 37.3 Å². The molecule has 1 N–H and O–H groups in total. The Kier molecular flexibility index (Phi) is 5.71. The number of benzene rings is 2. The van der Waals surface area contributed by atoms with E-state index in [9.17, 15) is 4.79 Å². The molecule has 2 aromatic carbocycles. The molecule has 0 aliphatic heterocycles. The predicted octanol–water partition coefficient (Wildman–Crippen LogP) is 4.76. The average molecular weight is 321 g/mol. The van der Waals surface area contributed by atoms with Gasteiger partial charge >= 0.3 is 5.97 Å². The molecule has 2 aromatic rings. The molecule has 0 heterocycles. The third-order valence-electron chi connectivity index (χ3n) is 3.39. The van der Waals surface area contributed by atoms with Gasteiger partial charge in [-0.1, -0.05) is 54.1 Å². The zero-order valence-electron chi connectivity index (χ0n) is 11.8. The molecule has 0 fully saturated rings. The van der Waals surface area contributed by atoms with Crippen LogP contribution in [0.4, 0.5) is 0 Å². The summed E-state index contributed by atoms with van der Waals surface area (Å²) in [5.41, 5.74) is 3.23. The van der Waals surface area contributed by atoms with Gasteiger partial charge in [-0.25, -0.2) is 0 Å². The maximum atomic E-state index is 11.0. The van der Waals surface area contributed by atoms with Crippen molar-refractivity contribution in [1.82, 2.24) is 0 Å². The number of aliphatic carboxylic acids is 1. The average Bonchev–Trinajstić information content (AvgIpc) is 2.49. The van der Waals surface area contributed by atoms with Crippen LogP contribution in [0.1, 0.15) is 12.0 Å². The van der Waals surface area contributed by atoms with Crippen molar-refractivity contribution in [3.63, 3.8) is 0 Å². The molecule has 1 unspecified atom stereocenters. The van der Waals surface area contributed by atoms with Crippen LogP contribution in [0.3, 0.4) is 0 Å². The fraction of sp³-hybridized carbons (Fsp3) is 0.235. The van der Waals surface area contributed by atoms with E-state index in [1.165, 1.54) is 11.8 Å². The van der Waals surface area contributed by atoms with Crippen LogP contribution in [0.2, 0.25) is 5.02 Å². The fourth-order valence-electron chi connectivity index (χ4n) is 2.19. The van der Waals surface area contributed by atoms with Gasteiger partial charge < -0.3 is 5.11 Å². The molecule has 0 amide bonds. The second kappa shape index (κ2) is 7.53. The Bertz CT molecular complexity index is 610. The number of carboxylic acid groups (broad SMARTS) is 1. The third kappa shape index (κ3) is 4.26. The first-order chi connectivity index (χ1) is 10.1. The van der Waals surface area contributed by atoms with Crippen molar-refractivity contribution in [1.29, 1.82) is 0 Å². The lowest BCUT2D eigenvalue weighted by Crippen LogP contribution is -2.16. The van der Waals surface area contributed by atoms with Crippen molar-refractivity contribution < 1.29 is 9.90 Å². The summed E-state index contributed by atoms with van der Waals surface area (Å²) in [6, 6.07) is 15.9. The van der Waals surface area contributed by atoms with Gasteiger partial charge in [-0.05, 0) is 36.3 Å². The van der Waals surface area contributed by atoms with Gasteiger partial charge in [-0.2, -0.15) is 11.8 Å². The molecule has 0 bridgehead atoms. The van der Waals surface area contributed by atoms with E-state index in [2.05, 4.69) is 0 Å². The molecule has 21 heavy (non-hydrogen) atoms. The van der Waals surface area contributed by atoms with E-state index in [1.807, 2.05) is 54.8 Å². The Morgan fingerprint density at radius 1 is 1.19 bits per heavy atom. The highest BCUT2D eigenvalue weighted by Crippen LogP contribution is 2.28. The van der Waals surface area contributed by atoms with Crippen LogP contribution in [-0.2, 0) is 11.2 Å². The van der Waals surface area contributed by atoms with Crippen LogP contribution in [0.5, 0.6) is 0 Å². The van der Waals surface area contributed by atoms with Crippen molar-refractivity contribution in [3.05, 3.63) is 59.1 Å². The van der Waals surface area contributed by atoms with Crippen LogP contribution in [0.25, 0.3) is 11.1 Å². The quantitative estimate of drug-likeness (QED) is 0.834. The Morgan fingerprint density at radius 3 is 2.43 bits per heavy atom. The van der Waals surface area contributed by atoms with Crippen LogP contribution in [0, 0.1) is 0 Å². The fourth-order valence-corrected chi connectivity index (χ4v) is 2.99. The van der Waals surface area contributed by atoms with Crippen molar-refractivity contribution in [3.8, 4) is 11.1 Å². The zero-order chi connectivity index (χ0) is 15.2. The van der Waals surface area contributed by atoms with Gasteiger partial charge in [0.05, 0.1) is 0 Å². The van der Waals surface area contributed by atoms with Crippen molar-refractivity contribution in [2.45, 2.75) is 18.1 Å². The van der Waals surface area contributed by atoms with E-state index in [0.717, 1.165) is 28.1 Å². The molecule has 0 saturated carbocycles. The first kappa shape index (κ1) is 15.9. The van der Waals surface area contributed by atoms with Gasteiger partial charge in [0, 0.05) is 10.6 Å². The highest BCUT2D eigenvalue weighted by atomic mass is 35.5. The zero-order valence-corrected chi connectivity index (χ0v) is 13.3. The minimum absolute atomic E-state index is 0.340. The van der Waals surface area contributed by atoms with Gasteiger partial charge in [0.1, 0.15) is 5.25 Å². The second-order valence-electron chi connectivity index (χ2n) is 4.78. The standard InChI is InChI=1S/C17H17ClO2S/c1-21-16(17(19)20)11-8-12-6-9-13(10-7-12)14-4-2-3-5-15(14)18/h2-7,9-10,16H,8,11H2,1H3,(H,19,20). The maximum absolute atomic E-state index is 11.0. The van der Waals surface area contributed by atoms with E-state index in [4.69, 9.17) is 16.7 Å². The summed E-state index contributed by atoms with van der Waals surface area (Å²) in [6.45, 7) is 0. The minimum Gasteiger partial charge on any atom is -0.480 e. The molecule has 0 radical (unpaired) electrons. The molecular formula is C17H17ClO2S. The summed E-state index contributed by atoms with van der Waals surface area (Å²) < 4.78 is 0. The number of halogens is 1. The summed E-state index contributed by atoms with van der Waals surface area (Å²) >= 11 is 7.57. The molecule has 0 saturated heterocycles. The summed E-state index contributed by atoms with van der Waals surface area (Å²) in [5, 5.41) is 9.43. The first-order valence-corrected chi connectivity index (χ1v) is 8.38. The lowest BCUT2D eigenvalue weighted by molar-refractivity contribution is -0.136. The van der Waals surface area contributed by atoms with E-state index in [-0.39, 0.29) is 5.25 Å². The number of thioether (sulfide) groups is 1. The van der Waals surface area contributed by atoms with Crippen LogP contribution >= 0.6 is 23.4 Å². The van der Waals surface area contributed by atoms with Gasteiger partial charge in [0.25, 0.3) is 0 Å². The summed E-state index contributed by atoms with van der Waals surface area (Å²) in [4.78, 5) is 11.0. The number of hydrogen-bond donors (Lipinski definition) is 1. The Hall–Kier alpha value is -1.45. The van der Waals surface area contributed by atoms with Gasteiger partial charge in [-0.3, -0.25) is 4.79 Å².